The number of ether oxygens (including phenoxy) is 2. The molecule has 0 unspecified atom stereocenters. The maximum atomic E-state index is 11.8. The Kier molecular flexibility index (Phi) is 5.57. The van der Waals surface area contributed by atoms with Gasteiger partial charge in [-0.1, -0.05) is 19.6 Å². The van der Waals surface area contributed by atoms with Crippen molar-refractivity contribution < 1.29 is 19.1 Å². The minimum absolute atomic E-state index is 0.117. The van der Waals surface area contributed by atoms with E-state index in [0.717, 1.165) is 17.8 Å². The Morgan fingerprint density at radius 1 is 1.37 bits per heavy atom. The molecule has 0 aliphatic rings. The second kappa shape index (κ2) is 6.94. The minimum Gasteiger partial charge on any atom is -0.462 e. The van der Waals surface area contributed by atoms with Crippen molar-refractivity contribution in [2.24, 2.45) is 0 Å². The molecule has 6 heteroatoms. The van der Waals surface area contributed by atoms with Gasteiger partial charge in [0.25, 0.3) is 0 Å². The molecule has 1 aromatic heterocycles. The number of carbonyl (C=O) groups excluding carboxylic acids is 2. The fourth-order valence-electron chi connectivity index (χ4n) is 1.45. The van der Waals surface area contributed by atoms with E-state index in [1.54, 1.807) is 6.92 Å². The number of nitrogen functional groups attached to an aromatic ring is 1. The lowest BCUT2D eigenvalue weighted by Gasteiger charge is -2.04. The minimum atomic E-state index is -0.511. The Hall–Kier alpha value is -1.82. The third-order valence-corrected chi connectivity index (χ3v) is 3.43. The topological polar surface area (TPSA) is 78.6 Å². The average molecular weight is 283 g/mol. The van der Waals surface area contributed by atoms with E-state index < -0.39 is 11.9 Å². The van der Waals surface area contributed by atoms with Gasteiger partial charge in [-0.3, -0.25) is 0 Å². The van der Waals surface area contributed by atoms with Gasteiger partial charge in [0.2, 0.25) is 0 Å². The summed E-state index contributed by atoms with van der Waals surface area (Å²) in [4.78, 5) is 23.9. The molecule has 104 valence electrons. The van der Waals surface area contributed by atoms with Crippen LogP contribution in [-0.4, -0.2) is 25.2 Å². The van der Waals surface area contributed by atoms with Crippen LogP contribution in [0.15, 0.2) is 12.7 Å². The van der Waals surface area contributed by atoms with Gasteiger partial charge in [0, 0.05) is 0 Å². The van der Waals surface area contributed by atoms with Crippen LogP contribution in [0, 0.1) is 6.92 Å². The predicted molar refractivity (Wildman–Crippen MR) is 74.5 cm³/mol. The van der Waals surface area contributed by atoms with Crippen LogP contribution in [0.1, 0.15) is 38.9 Å². The Labute approximate surface area is 116 Å². The van der Waals surface area contributed by atoms with Gasteiger partial charge in [-0.05, 0) is 18.9 Å². The maximum Gasteiger partial charge on any atom is 0.348 e. The highest BCUT2D eigenvalue weighted by molar-refractivity contribution is 7.18. The molecule has 0 amide bonds. The van der Waals surface area contributed by atoms with Gasteiger partial charge in [0.05, 0.1) is 12.2 Å². The SMILES string of the molecule is C=CCOC(=O)c1sc(N)c(C(=O)OCCC)c1C. The van der Waals surface area contributed by atoms with Crippen molar-refractivity contribution in [2.75, 3.05) is 18.9 Å². The van der Waals surface area contributed by atoms with Crippen molar-refractivity contribution in [2.45, 2.75) is 20.3 Å². The molecule has 0 bridgehead atoms. The number of hydrogen-bond acceptors (Lipinski definition) is 6. The molecule has 2 N–H and O–H groups in total. The molecule has 0 radical (unpaired) electrons. The lowest BCUT2D eigenvalue weighted by atomic mass is 10.1. The Morgan fingerprint density at radius 2 is 2.05 bits per heavy atom. The first kappa shape index (κ1) is 15.2. The molecule has 5 nitrogen and oxygen atoms in total. The first-order chi connectivity index (χ1) is 9.02. The van der Waals surface area contributed by atoms with Crippen molar-refractivity contribution in [1.29, 1.82) is 0 Å². The zero-order valence-electron chi connectivity index (χ0n) is 11.0. The lowest BCUT2D eigenvalue weighted by molar-refractivity contribution is 0.0506. The molecule has 0 saturated carbocycles. The average Bonchev–Trinajstić information content (AvgIpc) is 2.68. The number of rotatable bonds is 6. The fraction of sp³-hybridized carbons (Fsp3) is 0.385. The van der Waals surface area contributed by atoms with Crippen molar-refractivity contribution in [1.82, 2.24) is 0 Å². The van der Waals surface area contributed by atoms with E-state index >= 15 is 0 Å². The molecule has 1 rings (SSSR count). The lowest BCUT2D eigenvalue weighted by Crippen LogP contribution is -2.10. The van der Waals surface area contributed by atoms with Gasteiger partial charge in [-0.2, -0.15) is 0 Å². The van der Waals surface area contributed by atoms with Gasteiger partial charge < -0.3 is 15.2 Å². The molecular formula is C13H17NO4S. The second-order valence-corrected chi connectivity index (χ2v) is 4.87. The van der Waals surface area contributed by atoms with Crippen molar-refractivity contribution in [3.05, 3.63) is 28.7 Å². The molecule has 0 saturated heterocycles. The van der Waals surface area contributed by atoms with Gasteiger partial charge >= 0.3 is 11.9 Å². The molecule has 19 heavy (non-hydrogen) atoms. The summed E-state index contributed by atoms with van der Waals surface area (Å²) in [6.07, 6.45) is 2.20. The molecule has 0 atom stereocenters. The highest BCUT2D eigenvalue weighted by Crippen LogP contribution is 2.31. The molecule has 1 heterocycles. The van der Waals surface area contributed by atoms with Crippen LogP contribution < -0.4 is 5.73 Å². The van der Waals surface area contributed by atoms with Crippen LogP contribution in [0.3, 0.4) is 0 Å². The first-order valence-electron chi connectivity index (χ1n) is 5.86. The highest BCUT2D eigenvalue weighted by atomic mass is 32.1. The number of nitrogens with two attached hydrogens (primary N) is 1. The molecule has 0 aliphatic heterocycles. The second-order valence-electron chi connectivity index (χ2n) is 3.82. The number of anilines is 1. The Bertz CT molecular complexity index is 493. The highest BCUT2D eigenvalue weighted by Gasteiger charge is 2.24. The van der Waals surface area contributed by atoms with E-state index in [4.69, 9.17) is 15.2 Å². The van der Waals surface area contributed by atoms with Crippen molar-refractivity contribution in [3.63, 3.8) is 0 Å². The number of esters is 2. The van der Waals surface area contributed by atoms with E-state index in [9.17, 15) is 9.59 Å². The van der Waals surface area contributed by atoms with Crippen LogP contribution in [0.2, 0.25) is 0 Å². The van der Waals surface area contributed by atoms with Gasteiger partial charge in [-0.15, -0.1) is 11.3 Å². The van der Waals surface area contributed by atoms with Crippen LogP contribution in [-0.2, 0) is 9.47 Å². The monoisotopic (exact) mass is 283 g/mol. The maximum absolute atomic E-state index is 11.8. The van der Waals surface area contributed by atoms with E-state index in [0.29, 0.717) is 17.0 Å². The normalized spacial score (nSPS) is 10.0. The molecule has 1 aromatic rings. The van der Waals surface area contributed by atoms with E-state index in [1.165, 1.54) is 6.08 Å². The van der Waals surface area contributed by atoms with Crippen molar-refractivity contribution >= 4 is 28.3 Å². The van der Waals surface area contributed by atoms with Gasteiger partial charge in [0.1, 0.15) is 16.5 Å². The van der Waals surface area contributed by atoms with Crippen LogP contribution >= 0.6 is 11.3 Å². The van der Waals surface area contributed by atoms with Gasteiger partial charge in [-0.25, -0.2) is 9.59 Å². The summed E-state index contributed by atoms with van der Waals surface area (Å²) < 4.78 is 9.97. The third kappa shape index (κ3) is 3.57. The zero-order chi connectivity index (χ0) is 14.4. The fourth-order valence-corrected chi connectivity index (χ4v) is 2.41. The summed E-state index contributed by atoms with van der Waals surface area (Å²) in [7, 11) is 0. The van der Waals surface area contributed by atoms with Crippen LogP contribution in [0.25, 0.3) is 0 Å². The number of carbonyl (C=O) groups is 2. The zero-order valence-corrected chi connectivity index (χ0v) is 11.8. The predicted octanol–water partition coefficient (Wildman–Crippen LogP) is 2.55. The first-order valence-corrected chi connectivity index (χ1v) is 6.68. The van der Waals surface area contributed by atoms with E-state index in [2.05, 4.69) is 6.58 Å². The Balaban J connectivity index is 2.96. The summed E-state index contributed by atoms with van der Waals surface area (Å²) >= 11 is 1.03. The summed E-state index contributed by atoms with van der Waals surface area (Å²) in [5.41, 5.74) is 6.52. The third-order valence-electron chi connectivity index (χ3n) is 2.33. The summed E-state index contributed by atoms with van der Waals surface area (Å²) in [5, 5.41) is 0.268. The molecule has 0 aliphatic carbocycles. The Morgan fingerprint density at radius 3 is 2.63 bits per heavy atom. The van der Waals surface area contributed by atoms with E-state index in [-0.39, 0.29) is 17.2 Å². The smallest absolute Gasteiger partial charge is 0.348 e. The summed E-state index contributed by atoms with van der Waals surface area (Å²) in [6.45, 7) is 7.45. The van der Waals surface area contributed by atoms with Crippen molar-refractivity contribution in [3.8, 4) is 0 Å². The number of thiophene rings is 1. The molecular weight excluding hydrogens is 266 g/mol. The van der Waals surface area contributed by atoms with Crippen LogP contribution in [0.4, 0.5) is 5.00 Å². The molecule has 0 aromatic carbocycles. The summed E-state index contributed by atoms with van der Waals surface area (Å²) in [6, 6.07) is 0. The standard InChI is InChI=1S/C13H17NO4S/c1-4-6-17-12(15)9-8(3)10(19-11(9)14)13(16)18-7-5-2/h5H,2,4,6-7,14H2,1,3H3. The van der Waals surface area contributed by atoms with Gasteiger partial charge in [0.15, 0.2) is 0 Å². The quantitative estimate of drug-likeness (QED) is 0.641. The molecule has 0 spiro atoms. The van der Waals surface area contributed by atoms with E-state index in [1.807, 2.05) is 6.92 Å². The largest absolute Gasteiger partial charge is 0.462 e. The molecule has 0 fully saturated rings. The van der Waals surface area contributed by atoms with Crippen LogP contribution in [0.5, 0.6) is 0 Å². The summed E-state index contributed by atoms with van der Waals surface area (Å²) in [5.74, 6) is -1.01. The number of hydrogen-bond donors (Lipinski definition) is 1.